The highest BCUT2D eigenvalue weighted by Crippen LogP contribution is 2.28. The summed E-state index contributed by atoms with van der Waals surface area (Å²) in [5.41, 5.74) is 1.94. The average molecular weight is 546 g/mol. The summed E-state index contributed by atoms with van der Waals surface area (Å²) in [7, 11) is 0. The molecule has 3 rings (SSSR count). The van der Waals surface area contributed by atoms with Gasteiger partial charge in [0.15, 0.2) is 0 Å². The fraction of sp³-hybridized carbons (Fsp3) is 0.0417. The Hall–Kier alpha value is -3.31. The van der Waals surface area contributed by atoms with Crippen LogP contribution in [-0.2, 0) is 11.4 Å². The number of carboxylic acids is 1. The van der Waals surface area contributed by atoms with Crippen LogP contribution in [0.3, 0.4) is 0 Å². The fourth-order valence-corrected chi connectivity index (χ4v) is 3.53. The molecule has 0 saturated carbocycles. The second-order valence-electron chi connectivity index (χ2n) is 6.73. The van der Waals surface area contributed by atoms with Gasteiger partial charge in [0.1, 0.15) is 24.0 Å². The lowest BCUT2D eigenvalue weighted by molar-refractivity contribution is -0.112. The zero-order valence-electron chi connectivity index (χ0n) is 16.8. The minimum atomic E-state index is -0.990. The number of hydrogen-bond acceptors (Lipinski definition) is 4. The number of nitriles is 1. The van der Waals surface area contributed by atoms with Gasteiger partial charge in [-0.25, -0.2) is 4.79 Å². The van der Waals surface area contributed by atoms with Crippen LogP contribution in [0.5, 0.6) is 5.75 Å². The molecule has 166 valence electrons. The minimum absolute atomic E-state index is 0.0971. The Kier molecular flexibility index (Phi) is 8.12. The summed E-state index contributed by atoms with van der Waals surface area (Å²) in [6.45, 7) is 0.239. The van der Waals surface area contributed by atoms with E-state index in [0.29, 0.717) is 26.5 Å². The number of anilines is 1. The number of amides is 1. The van der Waals surface area contributed by atoms with Crippen LogP contribution in [0.2, 0.25) is 10.0 Å². The van der Waals surface area contributed by atoms with Crippen LogP contribution in [0.15, 0.2) is 70.7 Å². The lowest BCUT2D eigenvalue weighted by Gasteiger charge is -2.10. The van der Waals surface area contributed by atoms with Gasteiger partial charge in [-0.3, -0.25) is 4.79 Å². The topological polar surface area (TPSA) is 99.4 Å². The summed E-state index contributed by atoms with van der Waals surface area (Å²) in [5, 5.41) is 21.6. The summed E-state index contributed by atoms with van der Waals surface area (Å²) in [6, 6.07) is 18.0. The molecule has 2 N–H and O–H groups in total. The molecule has 33 heavy (non-hydrogen) atoms. The van der Waals surface area contributed by atoms with Gasteiger partial charge in [-0.1, -0.05) is 41.4 Å². The molecule has 0 bridgehead atoms. The number of hydrogen-bond donors (Lipinski definition) is 2. The van der Waals surface area contributed by atoms with Gasteiger partial charge in [0.25, 0.3) is 5.91 Å². The maximum atomic E-state index is 12.5. The van der Waals surface area contributed by atoms with E-state index in [2.05, 4.69) is 21.2 Å². The van der Waals surface area contributed by atoms with E-state index < -0.39 is 11.9 Å². The van der Waals surface area contributed by atoms with Crippen LogP contribution in [0, 0.1) is 11.3 Å². The Morgan fingerprint density at radius 2 is 1.79 bits per heavy atom. The van der Waals surface area contributed by atoms with Crippen molar-refractivity contribution in [3.63, 3.8) is 0 Å². The third kappa shape index (κ3) is 6.59. The number of nitrogens with zero attached hydrogens (tertiary/aromatic N) is 1. The van der Waals surface area contributed by atoms with Crippen molar-refractivity contribution in [1.29, 1.82) is 5.26 Å². The second-order valence-corrected chi connectivity index (χ2v) is 8.40. The van der Waals surface area contributed by atoms with E-state index in [1.165, 1.54) is 24.3 Å². The molecule has 3 aromatic rings. The van der Waals surface area contributed by atoms with Gasteiger partial charge in [0, 0.05) is 5.69 Å². The summed E-state index contributed by atoms with van der Waals surface area (Å²) in [6.07, 6.45) is 1.45. The number of rotatable bonds is 7. The number of benzene rings is 3. The van der Waals surface area contributed by atoms with Crippen LogP contribution < -0.4 is 10.1 Å². The third-order valence-corrected chi connectivity index (χ3v) is 5.76. The molecule has 1 amide bonds. The zero-order valence-corrected chi connectivity index (χ0v) is 19.9. The number of nitrogens with one attached hydrogen (secondary N) is 1. The van der Waals surface area contributed by atoms with Crippen LogP contribution in [-0.4, -0.2) is 17.0 Å². The van der Waals surface area contributed by atoms with E-state index in [1.54, 1.807) is 42.5 Å². The van der Waals surface area contributed by atoms with Gasteiger partial charge in [-0.05, 0) is 75.6 Å². The van der Waals surface area contributed by atoms with Crippen molar-refractivity contribution in [3.8, 4) is 11.8 Å². The number of ether oxygens (including phenoxy) is 1. The van der Waals surface area contributed by atoms with Crippen LogP contribution in [0.4, 0.5) is 5.69 Å². The predicted octanol–water partition coefficient (Wildman–Crippen LogP) is 6.58. The molecule has 0 atom stereocenters. The van der Waals surface area contributed by atoms with Gasteiger partial charge in [-0.2, -0.15) is 5.26 Å². The predicted molar refractivity (Wildman–Crippen MR) is 131 cm³/mol. The molecular formula is C24H15BrCl2N2O4. The van der Waals surface area contributed by atoms with E-state index in [0.717, 1.165) is 5.56 Å². The Morgan fingerprint density at radius 1 is 1.06 bits per heavy atom. The quantitative estimate of drug-likeness (QED) is 0.258. The monoisotopic (exact) mass is 544 g/mol. The molecule has 3 aromatic carbocycles. The van der Waals surface area contributed by atoms with Crippen molar-refractivity contribution in [2.75, 3.05) is 5.32 Å². The normalized spacial score (nSPS) is 10.9. The Bertz CT molecular complexity index is 1280. The first-order valence-electron chi connectivity index (χ1n) is 9.39. The first-order chi connectivity index (χ1) is 15.8. The van der Waals surface area contributed by atoms with E-state index in [-0.39, 0.29) is 22.8 Å². The molecule has 0 fully saturated rings. The van der Waals surface area contributed by atoms with Crippen molar-refractivity contribution in [2.45, 2.75) is 6.61 Å². The molecular weight excluding hydrogens is 531 g/mol. The molecule has 0 saturated heterocycles. The van der Waals surface area contributed by atoms with Gasteiger partial charge in [-0.15, -0.1) is 0 Å². The summed E-state index contributed by atoms with van der Waals surface area (Å²) >= 11 is 15.3. The molecule has 0 aromatic heterocycles. The van der Waals surface area contributed by atoms with Crippen molar-refractivity contribution in [3.05, 3.63) is 97.4 Å². The standard InChI is InChI=1S/C24H15BrCl2N2O4/c25-19-10-15(3-8-22(19)33-13-14-1-4-16(5-2-14)24(31)32)9-17(12-28)23(30)29-18-6-7-20(26)21(27)11-18/h1-11H,13H2,(H,29,30)(H,31,32)/b17-9+. The fourth-order valence-electron chi connectivity index (χ4n) is 2.72. The first kappa shape index (κ1) is 24.3. The van der Waals surface area contributed by atoms with Crippen LogP contribution in [0.25, 0.3) is 6.08 Å². The molecule has 0 spiro atoms. The van der Waals surface area contributed by atoms with Gasteiger partial charge < -0.3 is 15.2 Å². The second kappa shape index (κ2) is 11.0. The molecule has 0 aliphatic heterocycles. The highest BCUT2D eigenvalue weighted by atomic mass is 79.9. The molecule has 0 unspecified atom stereocenters. The minimum Gasteiger partial charge on any atom is -0.488 e. The first-order valence-corrected chi connectivity index (χ1v) is 10.9. The molecule has 9 heteroatoms. The number of carbonyl (C=O) groups is 2. The lowest BCUT2D eigenvalue weighted by atomic mass is 10.1. The van der Waals surface area contributed by atoms with E-state index >= 15 is 0 Å². The largest absolute Gasteiger partial charge is 0.488 e. The zero-order chi connectivity index (χ0) is 24.0. The SMILES string of the molecule is N#C/C(=C\c1ccc(OCc2ccc(C(=O)O)cc2)c(Br)c1)C(=O)Nc1ccc(Cl)c(Cl)c1. The molecule has 0 aliphatic carbocycles. The van der Waals surface area contributed by atoms with Gasteiger partial charge in [0.2, 0.25) is 0 Å². The maximum absolute atomic E-state index is 12.5. The Morgan fingerprint density at radius 3 is 2.39 bits per heavy atom. The van der Waals surface area contributed by atoms with Crippen molar-refractivity contribution < 1.29 is 19.4 Å². The summed E-state index contributed by atoms with van der Waals surface area (Å²) in [4.78, 5) is 23.4. The van der Waals surface area contributed by atoms with E-state index in [9.17, 15) is 14.9 Å². The van der Waals surface area contributed by atoms with E-state index in [4.69, 9.17) is 33.0 Å². The van der Waals surface area contributed by atoms with Gasteiger partial charge >= 0.3 is 5.97 Å². The van der Waals surface area contributed by atoms with Crippen LogP contribution in [0.1, 0.15) is 21.5 Å². The average Bonchev–Trinajstić information content (AvgIpc) is 2.79. The maximum Gasteiger partial charge on any atom is 0.335 e. The Labute approximate surface area is 208 Å². The van der Waals surface area contributed by atoms with E-state index in [1.807, 2.05) is 6.07 Å². The molecule has 0 heterocycles. The smallest absolute Gasteiger partial charge is 0.335 e. The third-order valence-electron chi connectivity index (χ3n) is 4.40. The highest BCUT2D eigenvalue weighted by Gasteiger charge is 2.12. The number of halogens is 3. The summed E-state index contributed by atoms with van der Waals surface area (Å²) < 4.78 is 6.40. The summed E-state index contributed by atoms with van der Waals surface area (Å²) in [5.74, 6) is -1.03. The number of carboxylic acid groups (broad SMARTS) is 1. The van der Waals surface area contributed by atoms with Gasteiger partial charge in [0.05, 0.1) is 20.1 Å². The van der Waals surface area contributed by atoms with Crippen molar-refractivity contribution >= 4 is 62.8 Å². The number of aromatic carboxylic acids is 1. The van der Waals surface area contributed by atoms with Crippen molar-refractivity contribution in [1.82, 2.24) is 0 Å². The van der Waals surface area contributed by atoms with Crippen molar-refractivity contribution in [2.24, 2.45) is 0 Å². The molecule has 0 aliphatic rings. The Balaban J connectivity index is 1.69. The molecule has 6 nitrogen and oxygen atoms in total. The lowest BCUT2D eigenvalue weighted by Crippen LogP contribution is -2.13. The molecule has 0 radical (unpaired) electrons. The van der Waals surface area contributed by atoms with Crippen LogP contribution >= 0.6 is 39.1 Å². The highest BCUT2D eigenvalue weighted by molar-refractivity contribution is 9.10. The number of carbonyl (C=O) groups excluding carboxylic acids is 1.